The number of aryl methyl sites for hydroxylation is 1. The molecule has 0 saturated carbocycles. The van der Waals surface area contributed by atoms with Gasteiger partial charge >= 0.3 is 6.03 Å². The van der Waals surface area contributed by atoms with E-state index in [2.05, 4.69) is 31.5 Å². The van der Waals surface area contributed by atoms with E-state index in [9.17, 15) is 9.59 Å². The lowest BCUT2D eigenvalue weighted by Gasteiger charge is -2.16. The number of ether oxygens (including phenoxy) is 1. The third-order valence-electron chi connectivity index (χ3n) is 5.40. The highest BCUT2D eigenvalue weighted by Crippen LogP contribution is 2.33. The minimum absolute atomic E-state index is 0.0349. The quantitative estimate of drug-likeness (QED) is 0.429. The van der Waals surface area contributed by atoms with Gasteiger partial charge in [0.25, 0.3) is 0 Å². The fourth-order valence-electron chi connectivity index (χ4n) is 3.89. The number of rotatable bonds is 8. The third kappa shape index (κ3) is 4.35. The second-order valence-corrected chi connectivity index (χ2v) is 8.71. The smallest absolute Gasteiger partial charge is 0.315 e. The molecule has 3 amide bonds. The van der Waals surface area contributed by atoms with Gasteiger partial charge in [0.2, 0.25) is 5.91 Å². The Bertz CT molecular complexity index is 935. The number of anilines is 1. The summed E-state index contributed by atoms with van der Waals surface area (Å²) in [5, 5.41) is 20.8. The van der Waals surface area contributed by atoms with Gasteiger partial charge in [0, 0.05) is 23.1 Å². The monoisotopic (exact) mass is 431 g/mol. The molecule has 10 nitrogen and oxygen atoms in total. The number of nitrogens with zero attached hydrogens (tertiary/aromatic N) is 4. The van der Waals surface area contributed by atoms with E-state index in [4.69, 9.17) is 4.74 Å². The molecule has 3 heterocycles. The van der Waals surface area contributed by atoms with Crippen LogP contribution in [0.5, 0.6) is 5.75 Å². The van der Waals surface area contributed by atoms with Crippen LogP contribution in [0.15, 0.2) is 18.2 Å². The molecule has 1 aromatic carbocycles. The number of amides is 3. The molecule has 0 radical (unpaired) electrons. The Balaban J connectivity index is 1.27. The minimum Gasteiger partial charge on any atom is -0.494 e. The van der Waals surface area contributed by atoms with Gasteiger partial charge in [-0.15, -0.1) is 5.10 Å². The van der Waals surface area contributed by atoms with Crippen LogP contribution < -0.4 is 20.7 Å². The molecule has 0 aliphatic carbocycles. The highest BCUT2D eigenvalue weighted by atomic mass is 32.2. The van der Waals surface area contributed by atoms with Crippen LogP contribution >= 0.6 is 11.8 Å². The van der Waals surface area contributed by atoms with Crippen LogP contribution in [-0.2, 0) is 4.79 Å². The number of fused-ring (bicyclic) bond motifs is 1. The zero-order chi connectivity index (χ0) is 21.1. The van der Waals surface area contributed by atoms with Gasteiger partial charge in [-0.05, 0) is 48.4 Å². The van der Waals surface area contributed by atoms with E-state index in [1.54, 1.807) is 36.9 Å². The maximum Gasteiger partial charge on any atom is 0.315 e. The highest BCUT2D eigenvalue weighted by molar-refractivity contribution is 8.00. The second kappa shape index (κ2) is 8.90. The van der Waals surface area contributed by atoms with E-state index < -0.39 is 0 Å². The largest absolute Gasteiger partial charge is 0.494 e. The molecule has 2 aliphatic rings. The number of aromatic nitrogens is 4. The fourth-order valence-corrected chi connectivity index (χ4v) is 5.43. The Hall–Kier alpha value is -2.82. The number of hydrogen-bond acceptors (Lipinski definition) is 7. The molecule has 3 atom stereocenters. The first-order valence-electron chi connectivity index (χ1n) is 9.97. The standard InChI is InChI=1S/C19H25N7O3S/c1-11-23-24-25-26(11)14-9-12(7-8-15(14)29-2)20-17(27)6-4-3-5-16-18-13(10-30-16)21-19(28)22-18/h7-9,13,16,18H,3-6,10H2,1-2H3,(H,20,27)(H2,21,22,28)/t13-,16-,18-/m0/s1. The van der Waals surface area contributed by atoms with Crippen molar-refractivity contribution in [2.45, 2.75) is 49.9 Å². The summed E-state index contributed by atoms with van der Waals surface area (Å²) in [4.78, 5) is 23.8. The average molecular weight is 432 g/mol. The molecule has 3 N–H and O–H groups in total. The first-order valence-corrected chi connectivity index (χ1v) is 11.0. The summed E-state index contributed by atoms with van der Waals surface area (Å²) in [5.74, 6) is 2.16. The summed E-state index contributed by atoms with van der Waals surface area (Å²) in [6, 6.07) is 5.76. The fraction of sp³-hybridized carbons (Fsp3) is 0.526. The number of tetrazole rings is 1. The van der Waals surface area contributed by atoms with Crippen molar-refractivity contribution in [3.05, 3.63) is 24.0 Å². The Morgan fingerprint density at radius 3 is 3.00 bits per heavy atom. The molecule has 2 saturated heterocycles. The van der Waals surface area contributed by atoms with Gasteiger partial charge in [-0.1, -0.05) is 6.42 Å². The van der Waals surface area contributed by atoms with E-state index in [0.29, 0.717) is 34.6 Å². The average Bonchev–Trinajstić information content (AvgIpc) is 3.41. The summed E-state index contributed by atoms with van der Waals surface area (Å²) >= 11 is 1.89. The van der Waals surface area contributed by atoms with E-state index in [1.165, 1.54) is 0 Å². The van der Waals surface area contributed by atoms with Crippen LogP contribution in [0, 0.1) is 6.92 Å². The lowest BCUT2D eigenvalue weighted by molar-refractivity contribution is -0.116. The lowest BCUT2D eigenvalue weighted by Crippen LogP contribution is -2.36. The Labute approximate surface area is 178 Å². The van der Waals surface area contributed by atoms with Gasteiger partial charge in [-0.25, -0.2) is 4.79 Å². The van der Waals surface area contributed by atoms with E-state index in [-0.39, 0.29) is 24.0 Å². The van der Waals surface area contributed by atoms with Crippen LogP contribution in [0.3, 0.4) is 0 Å². The summed E-state index contributed by atoms with van der Waals surface area (Å²) < 4.78 is 6.95. The van der Waals surface area contributed by atoms with Crippen molar-refractivity contribution in [3.63, 3.8) is 0 Å². The number of thioether (sulfide) groups is 1. The van der Waals surface area contributed by atoms with Gasteiger partial charge in [0.1, 0.15) is 11.4 Å². The van der Waals surface area contributed by atoms with Crippen molar-refractivity contribution in [2.24, 2.45) is 0 Å². The van der Waals surface area contributed by atoms with Gasteiger partial charge < -0.3 is 20.7 Å². The lowest BCUT2D eigenvalue weighted by atomic mass is 10.0. The van der Waals surface area contributed by atoms with Gasteiger partial charge in [-0.2, -0.15) is 16.4 Å². The molecule has 0 spiro atoms. The Morgan fingerprint density at radius 1 is 1.37 bits per heavy atom. The van der Waals surface area contributed by atoms with Crippen LogP contribution in [0.1, 0.15) is 31.5 Å². The zero-order valence-corrected chi connectivity index (χ0v) is 17.7. The maximum absolute atomic E-state index is 12.4. The topological polar surface area (TPSA) is 123 Å². The zero-order valence-electron chi connectivity index (χ0n) is 16.9. The molecular formula is C19H25N7O3S. The molecule has 160 valence electrons. The predicted molar refractivity (Wildman–Crippen MR) is 113 cm³/mol. The van der Waals surface area contributed by atoms with Gasteiger partial charge in [-0.3, -0.25) is 4.79 Å². The van der Waals surface area contributed by atoms with Crippen LogP contribution in [-0.4, -0.2) is 62.3 Å². The highest BCUT2D eigenvalue weighted by Gasteiger charge is 2.42. The SMILES string of the molecule is COc1ccc(NC(=O)CCCC[C@@H]2SC[C@@H]3NC(=O)N[C@@H]32)cc1-n1nnnc1C. The summed E-state index contributed by atoms with van der Waals surface area (Å²) in [5.41, 5.74) is 1.33. The van der Waals surface area contributed by atoms with Crippen molar-refractivity contribution in [2.75, 3.05) is 18.2 Å². The molecular weight excluding hydrogens is 406 g/mol. The molecule has 1 aromatic heterocycles. The molecule has 2 aliphatic heterocycles. The summed E-state index contributed by atoms with van der Waals surface area (Å²) in [6.45, 7) is 1.79. The number of benzene rings is 1. The molecule has 2 aromatic rings. The number of urea groups is 1. The number of carbonyl (C=O) groups is 2. The van der Waals surface area contributed by atoms with Gasteiger partial charge in [0.05, 0.1) is 19.2 Å². The van der Waals surface area contributed by atoms with Crippen LogP contribution in [0.25, 0.3) is 5.69 Å². The second-order valence-electron chi connectivity index (χ2n) is 7.44. The first kappa shape index (κ1) is 20.5. The summed E-state index contributed by atoms with van der Waals surface area (Å²) in [7, 11) is 1.58. The van der Waals surface area contributed by atoms with Crippen LogP contribution in [0.4, 0.5) is 10.5 Å². The Morgan fingerprint density at radius 2 is 2.23 bits per heavy atom. The number of methoxy groups -OCH3 is 1. The molecule has 30 heavy (non-hydrogen) atoms. The van der Waals surface area contributed by atoms with Gasteiger partial charge in [0.15, 0.2) is 5.82 Å². The van der Waals surface area contributed by atoms with Crippen molar-refractivity contribution >= 4 is 29.4 Å². The van der Waals surface area contributed by atoms with E-state index in [1.807, 2.05) is 11.8 Å². The number of unbranched alkanes of at least 4 members (excludes halogenated alkanes) is 1. The number of hydrogen-bond donors (Lipinski definition) is 3. The molecule has 0 bridgehead atoms. The van der Waals surface area contributed by atoms with Crippen molar-refractivity contribution in [1.82, 2.24) is 30.8 Å². The normalized spacial score (nSPS) is 22.3. The number of carbonyl (C=O) groups excluding carboxylic acids is 2. The number of nitrogens with one attached hydrogen (secondary N) is 3. The third-order valence-corrected chi connectivity index (χ3v) is 6.91. The van der Waals surface area contributed by atoms with Crippen molar-refractivity contribution in [3.8, 4) is 11.4 Å². The van der Waals surface area contributed by atoms with Crippen molar-refractivity contribution in [1.29, 1.82) is 0 Å². The van der Waals surface area contributed by atoms with E-state index >= 15 is 0 Å². The molecule has 4 rings (SSSR count). The first-order chi connectivity index (χ1) is 14.5. The molecule has 2 fully saturated rings. The molecule has 11 heteroatoms. The van der Waals surface area contributed by atoms with Crippen LogP contribution in [0.2, 0.25) is 0 Å². The van der Waals surface area contributed by atoms with Crippen molar-refractivity contribution < 1.29 is 14.3 Å². The minimum atomic E-state index is -0.0644. The Kier molecular flexibility index (Phi) is 6.07. The molecule has 0 unspecified atom stereocenters. The van der Waals surface area contributed by atoms with E-state index in [0.717, 1.165) is 25.0 Å². The summed E-state index contributed by atoms with van der Waals surface area (Å²) in [6.07, 6.45) is 3.19. The maximum atomic E-state index is 12.4. The predicted octanol–water partition coefficient (Wildman–Crippen LogP) is 1.64.